The number of hydrogen-bond donors (Lipinski definition) is 1. The molecule has 0 fully saturated rings. The van der Waals surface area contributed by atoms with Crippen LogP contribution in [0.4, 0.5) is 4.39 Å². The fourth-order valence-electron chi connectivity index (χ4n) is 3.05. The Morgan fingerprint density at radius 1 is 1.04 bits per heavy atom. The lowest BCUT2D eigenvalue weighted by Gasteiger charge is -2.29. The van der Waals surface area contributed by atoms with Crippen molar-refractivity contribution in [2.45, 2.75) is 52.6 Å². The zero-order valence-corrected chi connectivity index (χ0v) is 16.9. The topological polar surface area (TPSA) is 49.4 Å². The number of carbonyl (C=O) groups is 2. The fraction of sp³-hybridized carbons (Fsp3) is 0.391. The maximum Gasteiger partial charge on any atom is 0.242 e. The molecule has 0 aromatic heterocycles. The zero-order chi connectivity index (χ0) is 20.5. The van der Waals surface area contributed by atoms with Gasteiger partial charge >= 0.3 is 0 Å². The lowest BCUT2D eigenvalue weighted by atomic mass is 10.0. The first-order chi connectivity index (χ1) is 13.5. The van der Waals surface area contributed by atoms with Gasteiger partial charge in [-0.15, -0.1) is 0 Å². The summed E-state index contributed by atoms with van der Waals surface area (Å²) in [6, 6.07) is 13.9. The van der Waals surface area contributed by atoms with Crippen molar-refractivity contribution in [1.29, 1.82) is 0 Å². The van der Waals surface area contributed by atoms with Crippen LogP contribution >= 0.6 is 0 Å². The van der Waals surface area contributed by atoms with Crippen LogP contribution in [0.25, 0.3) is 0 Å². The Bertz CT molecular complexity index is 789. The third kappa shape index (κ3) is 5.91. The monoisotopic (exact) mass is 384 g/mol. The van der Waals surface area contributed by atoms with E-state index in [1.165, 1.54) is 16.5 Å². The molecular weight excluding hydrogens is 355 g/mol. The SMILES string of the molecule is CCNC(=O)C(C)N(Cc1ccccc1F)C(=O)CCc1ccc(CC)cc1. The average molecular weight is 384 g/mol. The highest BCUT2D eigenvalue weighted by molar-refractivity contribution is 5.87. The molecule has 2 amide bonds. The van der Waals surface area contributed by atoms with Gasteiger partial charge in [0.15, 0.2) is 0 Å². The van der Waals surface area contributed by atoms with Crippen molar-refractivity contribution >= 4 is 11.8 Å². The molecule has 0 spiro atoms. The second-order valence-electron chi connectivity index (χ2n) is 6.85. The summed E-state index contributed by atoms with van der Waals surface area (Å²) in [5.74, 6) is -0.778. The molecule has 2 rings (SSSR count). The summed E-state index contributed by atoms with van der Waals surface area (Å²) in [5.41, 5.74) is 2.72. The first kappa shape index (κ1) is 21.6. The molecule has 0 radical (unpaired) electrons. The van der Waals surface area contributed by atoms with E-state index in [0.717, 1.165) is 12.0 Å². The molecule has 1 N–H and O–H groups in total. The molecule has 0 saturated heterocycles. The van der Waals surface area contributed by atoms with Crippen molar-refractivity contribution in [3.63, 3.8) is 0 Å². The number of rotatable bonds is 9. The lowest BCUT2D eigenvalue weighted by molar-refractivity contribution is -0.140. The van der Waals surface area contributed by atoms with E-state index in [4.69, 9.17) is 0 Å². The van der Waals surface area contributed by atoms with Gasteiger partial charge in [0.25, 0.3) is 0 Å². The molecule has 2 aromatic rings. The van der Waals surface area contributed by atoms with Crippen LogP contribution in [-0.2, 0) is 29.0 Å². The summed E-state index contributed by atoms with van der Waals surface area (Å²) in [6.07, 6.45) is 1.82. The van der Waals surface area contributed by atoms with E-state index in [-0.39, 0.29) is 30.6 Å². The van der Waals surface area contributed by atoms with Crippen LogP contribution in [0.2, 0.25) is 0 Å². The molecule has 28 heavy (non-hydrogen) atoms. The van der Waals surface area contributed by atoms with Gasteiger partial charge in [0.2, 0.25) is 11.8 Å². The Morgan fingerprint density at radius 2 is 1.68 bits per heavy atom. The minimum Gasteiger partial charge on any atom is -0.355 e. The molecule has 2 aromatic carbocycles. The zero-order valence-electron chi connectivity index (χ0n) is 16.9. The normalized spacial score (nSPS) is 11.7. The van der Waals surface area contributed by atoms with Gasteiger partial charge in [-0.25, -0.2) is 4.39 Å². The van der Waals surface area contributed by atoms with Gasteiger partial charge in [0, 0.05) is 25.1 Å². The van der Waals surface area contributed by atoms with E-state index in [0.29, 0.717) is 18.5 Å². The molecule has 1 atom stereocenters. The van der Waals surface area contributed by atoms with Gasteiger partial charge < -0.3 is 10.2 Å². The van der Waals surface area contributed by atoms with Crippen molar-refractivity contribution in [3.05, 3.63) is 71.0 Å². The molecule has 0 heterocycles. The highest BCUT2D eigenvalue weighted by Crippen LogP contribution is 2.15. The fourth-order valence-corrected chi connectivity index (χ4v) is 3.05. The minimum absolute atomic E-state index is 0.0680. The van der Waals surface area contributed by atoms with Crippen LogP contribution in [0.1, 0.15) is 43.9 Å². The molecule has 0 aliphatic carbocycles. The van der Waals surface area contributed by atoms with Gasteiger partial charge in [-0.3, -0.25) is 9.59 Å². The molecular formula is C23H29FN2O2. The van der Waals surface area contributed by atoms with Crippen LogP contribution in [0, 0.1) is 5.82 Å². The van der Waals surface area contributed by atoms with Crippen LogP contribution in [0.3, 0.4) is 0 Å². The third-order valence-corrected chi connectivity index (χ3v) is 4.88. The first-order valence-electron chi connectivity index (χ1n) is 9.84. The Balaban J connectivity index is 2.12. The van der Waals surface area contributed by atoms with E-state index in [9.17, 15) is 14.0 Å². The first-order valence-corrected chi connectivity index (χ1v) is 9.84. The van der Waals surface area contributed by atoms with Crippen molar-refractivity contribution < 1.29 is 14.0 Å². The summed E-state index contributed by atoms with van der Waals surface area (Å²) in [5, 5.41) is 2.74. The Kier molecular flexibility index (Phi) is 8.18. The van der Waals surface area contributed by atoms with E-state index >= 15 is 0 Å². The minimum atomic E-state index is -0.672. The number of halogens is 1. The van der Waals surface area contributed by atoms with Crippen LogP contribution in [0.5, 0.6) is 0 Å². The van der Waals surface area contributed by atoms with Crippen molar-refractivity contribution in [2.24, 2.45) is 0 Å². The smallest absolute Gasteiger partial charge is 0.242 e. The lowest BCUT2D eigenvalue weighted by Crippen LogP contribution is -2.47. The molecule has 5 heteroatoms. The van der Waals surface area contributed by atoms with Crippen molar-refractivity contribution in [3.8, 4) is 0 Å². The van der Waals surface area contributed by atoms with Crippen LogP contribution < -0.4 is 5.32 Å². The number of carbonyl (C=O) groups excluding carboxylic acids is 2. The number of likely N-dealkylation sites (N-methyl/N-ethyl adjacent to an activating group) is 1. The largest absolute Gasteiger partial charge is 0.355 e. The molecule has 0 bridgehead atoms. The van der Waals surface area contributed by atoms with Crippen LogP contribution in [-0.4, -0.2) is 29.3 Å². The van der Waals surface area contributed by atoms with Gasteiger partial charge in [-0.1, -0.05) is 49.4 Å². The number of aryl methyl sites for hydroxylation is 2. The maximum atomic E-state index is 14.1. The van der Waals surface area contributed by atoms with Crippen LogP contribution in [0.15, 0.2) is 48.5 Å². The molecule has 150 valence electrons. The van der Waals surface area contributed by atoms with Gasteiger partial charge in [-0.05, 0) is 43.9 Å². The maximum absolute atomic E-state index is 14.1. The predicted molar refractivity (Wildman–Crippen MR) is 109 cm³/mol. The number of amides is 2. The Hall–Kier alpha value is -2.69. The van der Waals surface area contributed by atoms with E-state index < -0.39 is 6.04 Å². The van der Waals surface area contributed by atoms with Gasteiger partial charge in [-0.2, -0.15) is 0 Å². The van der Waals surface area contributed by atoms with E-state index in [1.54, 1.807) is 25.1 Å². The van der Waals surface area contributed by atoms with E-state index in [1.807, 2.05) is 19.1 Å². The molecule has 4 nitrogen and oxygen atoms in total. The second-order valence-corrected chi connectivity index (χ2v) is 6.85. The summed E-state index contributed by atoms with van der Waals surface area (Å²) in [4.78, 5) is 26.7. The third-order valence-electron chi connectivity index (χ3n) is 4.88. The number of nitrogens with zero attached hydrogens (tertiary/aromatic N) is 1. The van der Waals surface area contributed by atoms with Crippen molar-refractivity contribution in [2.75, 3.05) is 6.54 Å². The Morgan fingerprint density at radius 3 is 2.29 bits per heavy atom. The summed E-state index contributed by atoms with van der Waals surface area (Å²) < 4.78 is 14.1. The second kappa shape index (κ2) is 10.6. The predicted octanol–water partition coefficient (Wildman–Crippen LogP) is 3.87. The standard InChI is InChI=1S/C23H29FN2O2/c1-4-18-10-12-19(13-11-18)14-15-22(27)26(17(3)23(28)25-5-2)16-20-8-6-7-9-21(20)24/h6-13,17H,4-5,14-16H2,1-3H3,(H,25,28). The molecule has 1 unspecified atom stereocenters. The molecule has 0 aliphatic rings. The molecule has 0 saturated carbocycles. The Labute approximate surface area is 166 Å². The average Bonchev–Trinajstić information content (AvgIpc) is 2.71. The van der Waals surface area contributed by atoms with Gasteiger partial charge in [0.05, 0.1) is 0 Å². The summed E-state index contributed by atoms with van der Waals surface area (Å²) in [6.45, 7) is 6.16. The highest BCUT2D eigenvalue weighted by Gasteiger charge is 2.26. The molecule has 0 aliphatic heterocycles. The number of benzene rings is 2. The van der Waals surface area contributed by atoms with E-state index in [2.05, 4.69) is 24.4 Å². The highest BCUT2D eigenvalue weighted by atomic mass is 19.1. The summed E-state index contributed by atoms with van der Waals surface area (Å²) in [7, 11) is 0. The van der Waals surface area contributed by atoms with Gasteiger partial charge in [0.1, 0.15) is 11.9 Å². The summed E-state index contributed by atoms with van der Waals surface area (Å²) >= 11 is 0. The number of hydrogen-bond acceptors (Lipinski definition) is 2. The van der Waals surface area contributed by atoms with Crippen molar-refractivity contribution in [1.82, 2.24) is 10.2 Å². The number of nitrogens with one attached hydrogen (secondary N) is 1. The quantitative estimate of drug-likeness (QED) is 0.713.